The van der Waals surface area contributed by atoms with E-state index < -0.39 is 6.10 Å². The van der Waals surface area contributed by atoms with Crippen LogP contribution < -0.4 is 5.32 Å². The minimum absolute atomic E-state index is 0.129. The highest BCUT2D eigenvalue weighted by atomic mass is 35.5. The van der Waals surface area contributed by atoms with E-state index in [1.165, 1.54) is 11.3 Å². The maximum Gasteiger partial charge on any atom is 0.262 e. The number of carbonyl (C=O) groups excluding carboxylic acids is 1. The number of aliphatic hydroxyl groups is 1. The van der Waals surface area contributed by atoms with Gasteiger partial charge in [0.15, 0.2) is 0 Å². The summed E-state index contributed by atoms with van der Waals surface area (Å²) >= 11 is 7.09. The Hall–Kier alpha value is -0.580. The number of carbonyl (C=O) groups is 1. The van der Waals surface area contributed by atoms with E-state index in [0.717, 1.165) is 0 Å². The number of hydrogen-bond acceptors (Lipinski definition) is 3. The lowest BCUT2D eigenvalue weighted by Gasteiger charge is -2.14. The predicted molar refractivity (Wildman–Crippen MR) is 62.5 cm³/mol. The third-order valence-corrected chi connectivity index (χ3v) is 3.40. The molecule has 0 aliphatic rings. The van der Waals surface area contributed by atoms with Crippen molar-refractivity contribution in [2.45, 2.75) is 20.0 Å². The molecule has 3 nitrogen and oxygen atoms in total. The van der Waals surface area contributed by atoms with E-state index >= 15 is 0 Å². The summed E-state index contributed by atoms with van der Waals surface area (Å²) in [5.41, 5.74) is 0. The highest BCUT2D eigenvalue weighted by Crippen LogP contribution is 2.21. The number of halogens is 1. The summed E-state index contributed by atoms with van der Waals surface area (Å²) in [6.07, 6.45) is -0.521. The van der Waals surface area contributed by atoms with Gasteiger partial charge in [0.2, 0.25) is 0 Å². The summed E-state index contributed by atoms with van der Waals surface area (Å²) in [4.78, 5) is 12.1. The van der Waals surface area contributed by atoms with Crippen LogP contribution in [0.3, 0.4) is 0 Å². The summed E-state index contributed by atoms with van der Waals surface area (Å²) in [5.74, 6) is -0.0983. The van der Waals surface area contributed by atoms with E-state index in [9.17, 15) is 9.90 Å². The molecule has 1 aromatic rings. The zero-order chi connectivity index (χ0) is 11.4. The minimum atomic E-state index is -0.521. The quantitative estimate of drug-likeness (QED) is 0.857. The number of thiophene rings is 1. The van der Waals surface area contributed by atoms with E-state index in [2.05, 4.69) is 5.32 Å². The van der Waals surface area contributed by atoms with Crippen molar-refractivity contribution in [1.29, 1.82) is 0 Å². The van der Waals surface area contributed by atoms with Gasteiger partial charge in [-0.1, -0.05) is 25.4 Å². The number of nitrogens with one attached hydrogen (secondary N) is 1. The molecule has 1 atom stereocenters. The van der Waals surface area contributed by atoms with Crippen molar-refractivity contribution < 1.29 is 9.90 Å². The fourth-order valence-corrected chi connectivity index (χ4v) is 2.03. The molecule has 1 unspecified atom stereocenters. The summed E-state index contributed by atoms with van der Waals surface area (Å²) in [5, 5.41) is 14.4. The normalized spacial score (nSPS) is 12.9. The van der Waals surface area contributed by atoms with E-state index in [0.29, 0.717) is 9.90 Å². The van der Waals surface area contributed by atoms with Crippen LogP contribution in [0, 0.1) is 5.92 Å². The molecule has 1 heterocycles. The van der Waals surface area contributed by atoms with Gasteiger partial charge < -0.3 is 10.4 Å². The third kappa shape index (κ3) is 3.48. The monoisotopic (exact) mass is 247 g/mol. The van der Waals surface area contributed by atoms with Crippen LogP contribution in [0.1, 0.15) is 23.5 Å². The van der Waals surface area contributed by atoms with Crippen LogP contribution in [-0.4, -0.2) is 23.7 Å². The minimum Gasteiger partial charge on any atom is -0.391 e. The molecular weight excluding hydrogens is 234 g/mol. The second kappa shape index (κ2) is 5.49. The molecule has 0 saturated carbocycles. The molecule has 0 spiro atoms. The van der Waals surface area contributed by atoms with Crippen molar-refractivity contribution >= 4 is 28.8 Å². The first-order valence-corrected chi connectivity index (χ1v) is 5.97. The van der Waals surface area contributed by atoms with Gasteiger partial charge in [0.05, 0.1) is 11.1 Å². The summed E-state index contributed by atoms with van der Waals surface area (Å²) in [6, 6.07) is 1.68. The smallest absolute Gasteiger partial charge is 0.262 e. The first-order valence-electron chi connectivity index (χ1n) is 4.71. The Balaban J connectivity index is 2.47. The predicted octanol–water partition coefficient (Wildman–Crippen LogP) is 2.15. The van der Waals surface area contributed by atoms with Gasteiger partial charge in [0, 0.05) is 6.54 Å². The van der Waals surface area contributed by atoms with Gasteiger partial charge in [0.1, 0.15) is 4.88 Å². The second-order valence-corrected chi connectivity index (χ2v) is 4.94. The molecule has 0 aliphatic heterocycles. The Labute approximate surface area is 98.1 Å². The van der Waals surface area contributed by atoms with Crippen LogP contribution in [0.4, 0.5) is 0 Å². The van der Waals surface area contributed by atoms with Crippen LogP contribution in [0.15, 0.2) is 11.4 Å². The molecular formula is C10H14ClNO2S. The van der Waals surface area contributed by atoms with Crippen LogP contribution >= 0.6 is 22.9 Å². The largest absolute Gasteiger partial charge is 0.391 e. The molecule has 5 heteroatoms. The van der Waals surface area contributed by atoms with Gasteiger partial charge in [0.25, 0.3) is 5.91 Å². The van der Waals surface area contributed by atoms with Gasteiger partial charge in [-0.2, -0.15) is 0 Å². The van der Waals surface area contributed by atoms with Crippen LogP contribution in [-0.2, 0) is 0 Å². The Morgan fingerprint density at radius 1 is 1.67 bits per heavy atom. The first-order chi connectivity index (χ1) is 7.02. The first kappa shape index (κ1) is 12.5. The Morgan fingerprint density at radius 3 is 2.80 bits per heavy atom. The van der Waals surface area contributed by atoms with Gasteiger partial charge in [-0.05, 0) is 17.4 Å². The fourth-order valence-electron chi connectivity index (χ4n) is 0.969. The highest BCUT2D eigenvalue weighted by molar-refractivity contribution is 7.12. The Morgan fingerprint density at radius 2 is 2.33 bits per heavy atom. The van der Waals surface area contributed by atoms with Crippen molar-refractivity contribution in [2.24, 2.45) is 5.92 Å². The van der Waals surface area contributed by atoms with Crippen molar-refractivity contribution in [3.05, 3.63) is 21.3 Å². The van der Waals surface area contributed by atoms with E-state index in [1.807, 2.05) is 13.8 Å². The second-order valence-electron chi connectivity index (χ2n) is 3.62. The lowest BCUT2D eigenvalue weighted by atomic mass is 10.1. The average molecular weight is 248 g/mol. The van der Waals surface area contributed by atoms with Gasteiger partial charge in [-0.3, -0.25) is 4.79 Å². The highest BCUT2D eigenvalue weighted by Gasteiger charge is 2.14. The summed E-state index contributed by atoms with van der Waals surface area (Å²) in [6.45, 7) is 4.05. The molecule has 0 fully saturated rings. The number of amides is 1. The van der Waals surface area contributed by atoms with E-state index in [-0.39, 0.29) is 18.4 Å². The summed E-state index contributed by atoms with van der Waals surface area (Å²) in [7, 11) is 0. The van der Waals surface area contributed by atoms with Crippen molar-refractivity contribution in [2.75, 3.05) is 6.54 Å². The van der Waals surface area contributed by atoms with Crippen LogP contribution in [0.25, 0.3) is 0 Å². The molecule has 2 N–H and O–H groups in total. The Kier molecular flexibility index (Phi) is 4.57. The molecule has 1 amide bonds. The molecule has 0 aliphatic carbocycles. The zero-order valence-electron chi connectivity index (χ0n) is 8.66. The molecule has 0 bridgehead atoms. The van der Waals surface area contributed by atoms with Crippen LogP contribution in [0.2, 0.25) is 5.02 Å². The van der Waals surface area contributed by atoms with E-state index in [1.54, 1.807) is 11.4 Å². The molecule has 84 valence electrons. The topological polar surface area (TPSA) is 49.3 Å². The van der Waals surface area contributed by atoms with Crippen LogP contribution in [0.5, 0.6) is 0 Å². The lowest BCUT2D eigenvalue weighted by molar-refractivity contribution is 0.0875. The molecule has 0 radical (unpaired) electrons. The van der Waals surface area contributed by atoms with Crippen molar-refractivity contribution in [3.8, 4) is 0 Å². The molecule has 15 heavy (non-hydrogen) atoms. The van der Waals surface area contributed by atoms with Crippen molar-refractivity contribution in [3.63, 3.8) is 0 Å². The zero-order valence-corrected chi connectivity index (χ0v) is 10.2. The number of aliphatic hydroxyl groups excluding tert-OH is 1. The molecule has 1 aromatic heterocycles. The fraction of sp³-hybridized carbons (Fsp3) is 0.500. The maximum atomic E-state index is 11.6. The average Bonchev–Trinajstić information content (AvgIpc) is 2.60. The van der Waals surface area contributed by atoms with Gasteiger partial charge in [-0.25, -0.2) is 0 Å². The van der Waals surface area contributed by atoms with E-state index in [4.69, 9.17) is 11.6 Å². The summed E-state index contributed by atoms with van der Waals surface area (Å²) < 4.78 is 0. The Bertz CT molecular complexity index is 338. The number of hydrogen-bond donors (Lipinski definition) is 2. The van der Waals surface area contributed by atoms with Crippen molar-refractivity contribution in [1.82, 2.24) is 5.32 Å². The lowest BCUT2D eigenvalue weighted by Crippen LogP contribution is -2.34. The maximum absolute atomic E-state index is 11.6. The molecule has 0 saturated heterocycles. The standard InChI is InChI=1S/C10H14ClNO2S/c1-6(2)8(13)5-12-10(14)9-7(11)3-4-15-9/h3-4,6,8,13H,5H2,1-2H3,(H,12,14). The van der Waals surface area contributed by atoms with Gasteiger partial charge >= 0.3 is 0 Å². The number of rotatable bonds is 4. The third-order valence-electron chi connectivity index (χ3n) is 2.06. The van der Waals surface area contributed by atoms with Gasteiger partial charge in [-0.15, -0.1) is 11.3 Å². The molecule has 1 rings (SSSR count). The SMILES string of the molecule is CC(C)C(O)CNC(=O)c1sccc1Cl. The molecule has 0 aromatic carbocycles.